The fraction of sp³-hybridized carbons (Fsp3) is 0.438. The molecule has 1 aromatic heterocycles. The highest BCUT2D eigenvalue weighted by molar-refractivity contribution is 5.38. The van der Waals surface area contributed by atoms with Crippen molar-refractivity contribution in [2.75, 3.05) is 7.11 Å². The van der Waals surface area contributed by atoms with Gasteiger partial charge in [-0.05, 0) is 19.4 Å². The summed E-state index contributed by atoms with van der Waals surface area (Å²) in [6.07, 6.45) is 5.24. The van der Waals surface area contributed by atoms with Crippen LogP contribution in [0.1, 0.15) is 31.7 Å². The number of imidazole rings is 1. The smallest absolute Gasteiger partial charge is 0.124 e. The Morgan fingerprint density at radius 1 is 1.35 bits per heavy atom. The quantitative estimate of drug-likeness (QED) is 0.881. The maximum Gasteiger partial charge on any atom is 0.124 e. The second kappa shape index (κ2) is 6.09. The highest BCUT2D eigenvalue weighted by atomic mass is 16.5. The van der Waals surface area contributed by atoms with Crippen LogP contribution in [0.15, 0.2) is 36.7 Å². The summed E-state index contributed by atoms with van der Waals surface area (Å²) < 4.78 is 7.43. The molecule has 1 heterocycles. The van der Waals surface area contributed by atoms with Crippen LogP contribution < -0.4 is 4.74 Å². The lowest BCUT2D eigenvalue weighted by atomic mass is 9.91. The van der Waals surface area contributed by atoms with Gasteiger partial charge in [0.25, 0.3) is 0 Å². The second-order valence-corrected chi connectivity index (χ2v) is 5.19. The zero-order valence-corrected chi connectivity index (χ0v) is 12.3. The molecule has 0 aliphatic carbocycles. The van der Waals surface area contributed by atoms with Crippen LogP contribution >= 0.6 is 0 Å². The van der Waals surface area contributed by atoms with Gasteiger partial charge in [-0.1, -0.05) is 25.1 Å². The zero-order chi connectivity index (χ0) is 14.6. The third kappa shape index (κ3) is 3.02. The fourth-order valence-electron chi connectivity index (χ4n) is 2.44. The predicted octanol–water partition coefficient (Wildman–Crippen LogP) is 2.75. The first-order valence-electron chi connectivity index (χ1n) is 6.94. The number of para-hydroxylation sites is 1. The lowest BCUT2D eigenvalue weighted by Gasteiger charge is -2.25. The maximum absolute atomic E-state index is 10.8. The molecule has 2 aromatic rings. The van der Waals surface area contributed by atoms with Crippen molar-refractivity contribution < 1.29 is 9.84 Å². The van der Waals surface area contributed by atoms with Gasteiger partial charge in [0, 0.05) is 30.9 Å². The van der Waals surface area contributed by atoms with Crippen LogP contribution in [0.25, 0.3) is 0 Å². The molecule has 0 spiro atoms. The van der Waals surface area contributed by atoms with E-state index in [9.17, 15) is 5.11 Å². The van der Waals surface area contributed by atoms with Gasteiger partial charge in [-0.15, -0.1) is 0 Å². The molecule has 20 heavy (non-hydrogen) atoms. The summed E-state index contributed by atoms with van der Waals surface area (Å²) in [6.45, 7) is 4.84. The average molecular weight is 274 g/mol. The Kier molecular flexibility index (Phi) is 4.45. The van der Waals surface area contributed by atoms with Crippen molar-refractivity contribution in [2.45, 2.75) is 38.8 Å². The molecule has 1 unspecified atom stereocenters. The van der Waals surface area contributed by atoms with E-state index in [0.717, 1.165) is 24.4 Å². The van der Waals surface area contributed by atoms with Gasteiger partial charge < -0.3 is 14.4 Å². The van der Waals surface area contributed by atoms with Gasteiger partial charge in [0.2, 0.25) is 0 Å². The molecule has 2 rings (SSSR count). The van der Waals surface area contributed by atoms with Crippen LogP contribution in [0.4, 0.5) is 0 Å². The molecule has 108 valence electrons. The van der Waals surface area contributed by atoms with Crippen LogP contribution in [-0.4, -0.2) is 21.8 Å². The van der Waals surface area contributed by atoms with Gasteiger partial charge in [0.15, 0.2) is 0 Å². The number of hydrogen-bond donors (Lipinski definition) is 1. The molecule has 0 radical (unpaired) electrons. The molecule has 0 aliphatic heterocycles. The summed E-state index contributed by atoms with van der Waals surface area (Å²) in [5.74, 6) is 1.59. The Morgan fingerprint density at radius 2 is 2.10 bits per heavy atom. The zero-order valence-electron chi connectivity index (χ0n) is 12.3. The molecule has 0 saturated heterocycles. The van der Waals surface area contributed by atoms with Gasteiger partial charge in [0.1, 0.15) is 11.6 Å². The molecule has 0 saturated carbocycles. The van der Waals surface area contributed by atoms with Crippen molar-refractivity contribution in [3.63, 3.8) is 0 Å². The minimum atomic E-state index is -1.01. The summed E-state index contributed by atoms with van der Waals surface area (Å²) >= 11 is 0. The molecule has 1 aromatic carbocycles. The molecule has 4 nitrogen and oxygen atoms in total. The third-order valence-electron chi connectivity index (χ3n) is 3.46. The molecule has 1 N–H and O–H groups in total. The summed E-state index contributed by atoms with van der Waals surface area (Å²) in [5.41, 5.74) is -0.225. The number of benzene rings is 1. The van der Waals surface area contributed by atoms with Gasteiger partial charge in [0.05, 0.1) is 12.7 Å². The molecule has 0 aliphatic rings. The van der Waals surface area contributed by atoms with Crippen molar-refractivity contribution in [1.82, 2.24) is 9.55 Å². The number of aryl methyl sites for hydroxylation is 1. The summed E-state index contributed by atoms with van der Waals surface area (Å²) in [5, 5.41) is 10.8. The minimum absolute atomic E-state index is 0.459. The Morgan fingerprint density at radius 3 is 2.80 bits per heavy atom. The van der Waals surface area contributed by atoms with Gasteiger partial charge in [-0.25, -0.2) is 4.98 Å². The number of rotatable bonds is 6. The highest BCUT2D eigenvalue weighted by Crippen LogP contribution is 2.32. The monoisotopic (exact) mass is 274 g/mol. The maximum atomic E-state index is 10.8. The van der Waals surface area contributed by atoms with E-state index in [1.807, 2.05) is 30.5 Å². The van der Waals surface area contributed by atoms with Gasteiger partial charge in [-0.3, -0.25) is 0 Å². The van der Waals surface area contributed by atoms with E-state index in [2.05, 4.69) is 16.5 Å². The number of nitrogens with zero attached hydrogens (tertiary/aromatic N) is 2. The normalized spacial score (nSPS) is 14.0. The first-order valence-corrected chi connectivity index (χ1v) is 6.94. The predicted molar refractivity (Wildman–Crippen MR) is 78.8 cm³/mol. The van der Waals surface area contributed by atoms with Crippen LogP contribution in [-0.2, 0) is 18.6 Å². The summed E-state index contributed by atoms with van der Waals surface area (Å²) in [4.78, 5) is 4.36. The van der Waals surface area contributed by atoms with Crippen molar-refractivity contribution in [1.29, 1.82) is 0 Å². The number of aliphatic hydroxyl groups is 1. The van der Waals surface area contributed by atoms with Gasteiger partial charge >= 0.3 is 0 Å². The fourth-order valence-corrected chi connectivity index (χ4v) is 2.44. The van der Waals surface area contributed by atoms with Crippen molar-refractivity contribution in [3.05, 3.63) is 48.0 Å². The number of ether oxygens (including phenoxy) is 1. The standard InChI is InChI=1S/C16H22N2O2/c1-4-10-18-11-9-17-15(18)12-16(2,19)13-7-5-6-8-14(13)20-3/h5-9,11,19H,4,10,12H2,1-3H3. The van der Waals surface area contributed by atoms with Crippen LogP contribution in [0.3, 0.4) is 0 Å². The van der Waals surface area contributed by atoms with E-state index in [4.69, 9.17) is 4.74 Å². The molecule has 1 atom stereocenters. The average Bonchev–Trinajstić information content (AvgIpc) is 2.86. The Hall–Kier alpha value is -1.81. The second-order valence-electron chi connectivity index (χ2n) is 5.19. The van der Waals surface area contributed by atoms with E-state index in [1.165, 1.54) is 0 Å². The van der Waals surface area contributed by atoms with Crippen LogP contribution in [0, 0.1) is 0 Å². The molecule has 0 bridgehead atoms. The Labute approximate surface area is 120 Å². The molecule has 0 amide bonds. The topological polar surface area (TPSA) is 47.3 Å². The van der Waals surface area contributed by atoms with E-state index in [1.54, 1.807) is 20.2 Å². The Bertz CT molecular complexity index is 561. The molecule has 0 fully saturated rings. The van der Waals surface area contributed by atoms with Crippen LogP contribution in [0.5, 0.6) is 5.75 Å². The first kappa shape index (κ1) is 14.6. The lowest BCUT2D eigenvalue weighted by molar-refractivity contribution is 0.0519. The molecule has 4 heteroatoms. The van der Waals surface area contributed by atoms with E-state index < -0.39 is 5.60 Å². The summed E-state index contributed by atoms with van der Waals surface area (Å²) in [6, 6.07) is 7.57. The lowest BCUT2D eigenvalue weighted by Crippen LogP contribution is -2.27. The molecular formula is C16H22N2O2. The largest absolute Gasteiger partial charge is 0.496 e. The van der Waals surface area contributed by atoms with E-state index >= 15 is 0 Å². The number of methoxy groups -OCH3 is 1. The summed E-state index contributed by atoms with van der Waals surface area (Å²) in [7, 11) is 1.62. The van der Waals surface area contributed by atoms with E-state index in [-0.39, 0.29) is 0 Å². The van der Waals surface area contributed by atoms with Gasteiger partial charge in [-0.2, -0.15) is 0 Å². The number of aromatic nitrogens is 2. The minimum Gasteiger partial charge on any atom is -0.496 e. The van der Waals surface area contributed by atoms with Crippen molar-refractivity contribution in [2.24, 2.45) is 0 Å². The SMILES string of the molecule is CCCn1ccnc1CC(C)(O)c1ccccc1OC. The van der Waals surface area contributed by atoms with Crippen molar-refractivity contribution >= 4 is 0 Å². The third-order valence-corrected chi connectivity index (χ3v) is 3.46. The first-order chi connectivity index (χ1) is 9.58. The van der Waals surface area contributed by atoms with Crippen molar-refractivity contribution in [3.8, 4) is 5.75 Å². The van der Waals surface area contributed by atoms with Crippen LogP contribution in [0.2, 0.25) is 0 Å². The number of hydrogen-bond acceptors (Lipinski definition) is 3. The molecular weight excluding hydrogens is 252 g/mol. The highest BCUT2D eigenvalue weighted by Gasteiger charge is 2.28. The van der Waals surface area contributed by atoms with E-state index in [0.29, 0.717) is 12.2 Å². The Balaban J connectivity index is 2.28.